The monoisotopic (exact) mass is 303 g/mol. The lowest BCUT2D eigenvalue weighted by Crippen LogP contribution is -2.39. The number of hydrogen-bond donors (Lipinski definition) is 2. The maximum absolute atomic E-state index is 4.67. The molecular formula is C17H29N5. The van der Waals surface area contributed by atoms with E-state index in [1.807, 2.05) is 18.3 Å². The lowest BCUT2D eigenvalue weighted by molar-refractivity contribution is 0.235. The smallest absolute Gasteiger partial charge is 0.191 e. The zero-order chi connectivity index (χ0) is 15.5. The van der Waals surface area contributed by atoms with E-state index in [0.717, 1.165) is 44.3 Å². The van der Waals surface area contributed by atoms with E-state index >= 15 is 0 Å². The van der Waals surface area contributed by atoms with Gasteiger partial charge in [0.2, 0.25) is 0 Å². The normalized spacial score (nSPS) is 16.5. The first kappa shape index (κ1) is 16.7. The van der Waals surface area contributed by atoms with Crippen molar-refractivity contribution >= 4 is 5.96 Å². The van der Waals surface area contributed by atoms with Crippen molar-refractivity contribution in [1.82, 2.24) is 20.5 Å². The molecule has 2 rings (SSSR count). The fraction of sp³-hybridized carbons (Fsp3) is 0.647. The second-order valence-electron chi connectivity index (χ2n) is 5.66. The summed E-state index contributed by atoms with van der Waals surface area (Å²) < 4.78 is 0. The van der Waals surface area contributed by atoms with Gasteiger partial charge in [-0.2, -0.15) is 0 Å². The lowest BCUT2D eigenvalue weighted by Gasteiger charge is -2.25. The Morgan fingerprint density at radius 1 is 1.23 bits per heavy atom. The molecule has 0 aromatic carbocycles. The number of guanidine groups is 1. The fourth-order valence-corrected chi connectivity index (χ4v) is 2.68. The molecule has 5 nitrogen and oxygen atoms in total. The minimum Gasteiger partial charge on any atom is -0.357 e. The Bertz CT molecular complexity index is 426. The molecular weight excluding hydrogens is 274 g/mol. The molecule has 0 unspecified atom stereocenters. The van der Waals surface area contributed by atoms with E-state index in [4.69, 9.17) is 0 Å². The van der Waals surface area contributed by atoms with Gasteiger partial charge in [0.25, 0.3) is 0 Å². The van der Waals surface area contributed by atoms with Crippen molar-refractivity contribution in [3.63, 3.8) is 0 Å². The molecule has 0 saturated carbocycles. The Hall–Kier alpha value is -1.62. The Balaban J connectivity index is 1.69. The van der Waals surface area contributed by atoms with Crippen LogP contribution in [0.25, 0.3) is 0 Å². The van der Waals surface area contributed by atoms with Crippen LogP contribution >= 0.6 is 0 Å². The molecule has 5 heteroatoms. The van der Waals surface area contributed by atoms with Crippen LogP contribution in [0, 0.1) is 0 Å². The minimum atomic E-state index is 0.854. The number of aliphatic imine (C=N–C) groups is 1. The summed E-state index contributed by atoms with van der Waals surface area (Å²) >= 11 is 0. The summed E-state index contributed by atoms with van der Waals surface area (Å²) in [4.78, 5) is 11.5. The Labute approximate surface area is 134 Å². The highest BCUT2D eigenvalue weighted by Gasteiger charge is 2.08. The standard InChI is InChI=1S/C17H29N5/c1-2-18-17(20-11-9-16-8-4-5-10-19-16)21-12-15-22-13-6-3-7-14-22/h4-5,8,10H,2-3,6-7,9,11-15H2,1H3,(H2,18,20,21). The molecule has 0 radical (unpaired) electrons. The largest absolute Gasteiger partial charge is 0.357 e. The number of nitrogens with zero attached hydrogens (tertiary/aromatic N) is 3. The van der Waals surface area contributed by atoms with E-state index < -0.39 is 0 Å². The number of piperidine rings is 1. The molecule has 0 spiro atoms. The first-order valence-electron chi connectivity index (χ1n) is 8.53. The zero-order valence-electron chi connectivity index (χ0n) is 13.7. The molecule has 1 aromatic rings. The molecule has 0 atom stereocenters. The number of pyridine rings is 1. The summed E-state index contributed by atoms with van der Waals surface area (Å²) in [7, 11) is 0. The van der Waals surface area contributed by atoms with E-state index in [-0.39, 0.29) is 0 Å². The van der Waals surface area contributed by atoms with Crippen molar-refractivity contribution in [2.75, 3.05) is 39.3 Å². The summed E-state index contributed by atoms with van der Waals surface area (Å²) in [6, 6.07) is 6.03. The van der Waals surface area contributed by atoms with Crippen molar-refractivity contribution in [1.29, 1.82) is 0 Å². The van der Waals surface area contributed by atoms with Gasteiger partial charge in [0.05, 0.1) is 6.54 Å². The second kappa shape index (κ2) is 10.2. The van der Waals surface area contributed by atoms with Gasteiger partial charge in [0.1, 0.15) is 0 Å². The van der Waals surface area contributed by atoms with E-state index in [1.165, 1.54) is 32.4 Å². The maximum Gasteiger partial charge on any atom is 0.191 e. The number of rotatable bonds is 7. The highest BCUT2D eigenvalue weighted by atomic mass is 15.2. The Morgan fingerprint density at radius 2 is 2.09 bits per heavy atom. The van der Waals surface area contributed by atoms with Gasteiger partial charge in [-0.25, -0.2) is 0 Å². The number of nitrogens with one attached hydrogen (secondary N) is 2. The van der Waals surface area contributed by atoms with E-state index in [2.05, 4.69) is 38.5 Å². The first-order chi connectivity index (χ1) is 10.9. The quantitative estimate of drug-likeness (QED) is 0.594. The van der Waals surface area contributed by atoms with Crippen molar-refractivity contribution in [2.45, 2.75) is 32.6 Å². The Kier molecular flexibility index (Phi) is 7.74. The van der Waals surface area contributed by atoms with Gasteiger partial charge in [-0.3, -0.25) is 9.98 Å². The predicted octanol–water partition coefficient (Wildman–Crippen LogP) is 1.67. The van der Waals surface area contributed by atoms with Gasteiger partial charge in [-0.1, -0.05) is 12.5 Å². The van der Waals surface area contributed by atoms with Gasteiger partial charge in [0.15, 0.2) is 5.96 Å². The van der Waals surface area contributed by atoms with E-state index in [1.54, 1.807) is 0 Å². The average molecular weight is 303 g/mol. The van der Waals surface area contributed by atoms with Crippen LogP contribution in [0.15, 0.2) is 29.4 Å². The molecule has 22 heavy (non-hydrogen) atoms. The topological polar surface area (TPSA) is 52.6 Å². The van der Waals surface area contributed by atoms with E-state index in [0.29, 0.717) is 0 Å². The highest BCUT2D eigenvalue weighted by Crippen LogP contribution is 2.07. The van der Waals surface area contributed by atoms with Gasteiger partial charge in [-0.15, -0.1) is 0 Å². The summed E-state index contributed by atoms with van der Waals surface area (Å²) in [6.07, 6.45) is 6.82. The summed E-state index contributed by atoms with van der Waals surface area (Å²) in [5.41, 5.74) is 1.11. The van der Waals surface area contributed by atoms with E-state index in [9.17, 15) is 0 Å². The molecule has 1 aliphatic heterocycles. The van der Waals surface area contributed by atoms with Crippen molar-refractivity contribution in [3.05, 3.63) is 30.1 Å². The number of aromatic nitrogens is 1. The average Bonchev–Trinajstić information content (AvgIpc) is 2.57. The molecule has 1 fully saturated rings. The maximum atomic E-state index is 4.67. The van der Waals surface area contributed by atoms with Gasteiger partial charge >= 0.3 is 0 Å². The third-order valence-corrected chi connectivity index (χ3v) is 3.88. The minimum absolute atomic E-state index is 0.854. The van der Waals surface area contributed by atoms with Crippen molar-refractivity contribution < 1.29 is 0 Å². The molecule has 1 aliphatic rings. The van der Waals surface area contributed by atoms with Crippen LogP contribution in [0.3, 0.4) is 0 Å². The van der Waals surface area contributed by atoms with Crippen LogP contribution < -0.4 is 10.6 Å². The summed E-state index contributed by atoms with van der Waals surface area (Å²) in [5, 5.41) is 6.69. The van der Waals surface area contributed by atoms with Crippen LogP contribution in [-0.2, 0) is 6.42 Å². The SMILES string of the molecule is CCNC(=NCCN1CCCCC1)NCCc1ccccn1. The lowest BCUT2D eigenvalue weighted by atomic mass is 10.1. The van der Waals surface area contributed by atoms with Crippen LogP contribution in [0.5, 0.6) is 0 Å². The fourth-order valence-electron chi connectivity index (χ4n) is 2.68. The summed E-state index contributed by atoms with van der Waals surface area (Å²) in [5.74, 6) is 0.912. The number of likely N-dealkylation sites (tertiary alicyclic amines) is 1. The third-order valence-electron chi connectivity index (χ3n) is 3.88. The van der Waals surface area contributed by atoms with Crippen molar-refractivity contribution in [2.24, 2.45) is 4.99 Å². The molecule has 1 aromatic heterocycles. The third kappa shape index (κ3) is 6.43. The Morgan fingerprint density at radius 3 is 2.82 bits per heavy atom. The second-order valence-corrected chi connectivity index (χ2v) is 5.66. The summed E-state index contributed by atoms with van der Waals surface area (Å²) in [6.45, 7) is 8.24. The molecule has 2 heterocycles. The molecule has 1 saturated heterocycles. The van der Waals surface area contributed by atoms with Gasteiger partial charge < -0.3 is 15.5 Å². The highest BCUT2D eigenvalue weighted by molar-refractivity contribution is 5.79. The molecule has 0 amide bonds. The number of hydrogen-bond acceptors (Lipinski definition) is 3. The van der Waals surface area contributed by atoms with Crippen LogP contribution in [0.1, 0.15) is 31.9 Å². The molecule has 0 bridgehead atoms. The van der Waals surface area contributed by atoms with Crippen LogP contribution in [0.2, 0.25) is 0 Å². The van der Waals surface area contributed by atoms with Gasteiger partial charge in [0, 0.05) is 37.9 Å². The molecule has 0 aliphatic carbocycles. The van der Waals surface area contributed by atoms with Gasteiger partial charge in [-0.05, 0) is 45.0 Å². The molecule has 122 valence electrons. The van der Waals surface area contributed by atoms with Crippen molar-refractivity contribution in [3.8, 4) is 0 Å². The van der Waals surface area contributed by atoms with Crippen LogP contribution in [-0.4, -0.2) is 55.1 Å². The zero-order valence-corrected chi connectivity index (χ0v) is 13.7. The first-order valence-corrected chi connectivity index (χ1v) is 8.53. The predicted molar refractivity (Wildman–Crippen MR) is 92.2 cm³/mol. The van der Waals surface area contributed by atoms with Crippen LogP contribution in [0.4, 0.5) is 0 Å². The molecule has 2 N–H and O–H groups in total.